The number of nitrogens with zero attached hydrogens (tertiary/aromatic N) is 2. The molecule has 1 amide bonds. The number of rotatable bonds is 5. The van der Waals surface area contributed by atoms with Gasteiger partial charge in [0.2, 0.25) is 12.7 Å². The summed E-state index contributed by atoms with van der Waals surface area (Å²) in [5, 5.41) is 3.70. The zero-order valence-corrected chi connectivity index (χ0v) is 15.2. The number of benzene rings is 1. The average Bonchev–Trinajstić information content (AvgIpc) is 3.22. The fourth-order valence-electron chi connectivity index (χ4n) is 2.70. The lowest BCUT2D eigenvalue weighted by Crippen LogP contribution is -2.28. The fraction of sp³-hybridized carbons (Fsp3) is 0.278. The molecule has 1 aliphatic heterocycles. The van der Waals surface area contributed by atoms with Gasteiger partial charge in [-0.2, -0.15) is 0 Å². The Morgan fingerprint density at radius 2 is 2.12 bits per heavy atom. The van der Waals surface area contributed by atoms with Crippen molar-refractivity contribution in [1.29, 1.82) is 0 Å². The zero-order chi connectivity index (χ0) is 18.1. The zero-order valence-electron chi connectivity index (χ0n) is 14.4. The maximum Gasteiger partial charge on any atom is 0.258 e. The molecule has 4 rings (SSSR count). The minimum Gasteiger partial charge on any atom is -0.467 e. The van der Waals surface area contributed by atoms with Crippen LogP contribution in [0.15, 0.2) is 24.5 Å². The molecular weight excluding hydrogens is 354 g/mol. The van der Waals surface area contributed by atoms with Gasteiger partial charge in [-0.05, 0) is 37.1 Å². The van der Waals surface area contributed by atoms with Crippen LogP contribution in [0.3, 0.4) is 0 Å². The van der Waals surface area contributed by atoms with Gasteiger partial charge in [-0.3, -0.25) is 4.79 Å². The van der Waals surface area contributed by atoms with Crippen molar-refractivity contribution >= 4 is 27.5 Å². The van der Waals surface area contributed by atoms with Crippen LogP contribution in [0.5, 0.6) is 17.4 Å². The number of nitrogens with one attached hydrogen (secondary N) is 1. The Morgan fingerprint density at radius 3 is 3.00 bits per heavy atom. The normalized spacial score (nSPS) is 12.4. The van der Waals surface area contributed by atoms with Crippen LogP contribution in [-0.2, 0) is 11.3 Å². The lowest BCUT2D eigenvalue weighted by atomic mass is 10.2. The molecule has 0 unspecified atom stereocenters. The molecule has 0 bridgehead atoms. The number of fused-ring (bicyclic) bond motifs is 2. The molecule has 26 heavy (non-hydrogen) atoms. The lowest BCUT2D eigenvalue weighted by Gasteiger charge is -2.08. The topological polar surface area (TPSA) is 82.6 Å². The Labute approximate surface area is 153 Å². The predicted octanol–water partition coefficient (Wildman–Crippen LogP) is 2.73. The molecule has 1 N–H and O–H groups in total. The molecule has 0 saturated carbocycles. The minimum atomic E-state index is -0.223. The van der Waals surface area contributed by atoms with Gasteiger partial charge in [0.05, 0.1) is 5.39 Å². The molecule has 3 aromatic rings. The van der Waals surface area contributed by atoms with Gasteiger partial charge in [-0.15, -0.1) is 11.3 Å². The minimum absolute atomic E-state index is 0.106. The number of aromatic nitrogens is 2. The maximum absolute atomic E-state index is 12.1. The number of aryl methyl sites for hydroxylation is 2. The van der Waals surface area contributed by atoms with Crippen LogP contribution in [0.4, 0.5) is 0 Å². The van der Waals surface area contributed by atoms with E-state index >= 15 is 0 Å². The molecule has 2 aromatic heterocycles. The van der Waals surface area contributed by atoms with Crippen LogP contribution in [0, 0.1) is 13.8 Å². The smallest absolute Gasteiger partial charge is 0.258 e. The molecule has 0 saturated heterocycles. The largest absolute Gasteiger partial charge is 0.467 e. The first-order valence-corrected chi connectivity index (χ1v) is 8.92. The van der Waals surface area contributed by atoms with Gasteiger partial charge in [-0.25, -0.2) is 9.97 Å². The van der Waals surface area contributed by atoms with E-state index < -0.39 is 0 Å². The molecule has 1 aromatic carbocycles. The summed E-state index contributed by atoms with van der Waals surface area (Å²) >= 11 is 1.59. The van der Waals surface area contributed by atoms with Crippen molar-refractivity contribution in [2.24, 2.45) is 0 Å². The van der Waals surface area contributed by atoms with Gasteiger partial charge >= 0.3 is 0 Å². The van der Waals surface area contributed by atoms with E-state index in [-0.39, 0.29) is 19.3 Å². The Morgan fingerprint density at radius 1 is 1.27 bits per heavy atom. The summed E-state index contributed by atoms with van der Waals surface area (Å²) in [5.41, 5.74) is 2.01. The summed E-state index contributed by atoms with van der Waals surface area (Å²) < 4.78 is 16.2. The van der Waals surface area contributed by atoms with Crippen molar-refractivity contribution in [1.82, 2.24) is 15.3 Å². The third kappa shape index (κ3) is 3.15. The van der Waals surface area contributed by atoms with Crippen LogP contribution in [0.1, 0.15) is 16.0 Å². The van der Waals surface area contributed by atoms with Crippen molar-refractivity contribution in [3.8, 4) is 17.4 Å². The Hall–Kier alpha value is -2.87. The van der Waals surface area contributed by atoms with Gasteiger partial charge in [0.25, 0.3) is 5.91 Å². The van der Waals surface area contributed by atoms with E-state index in [1.165, 1.54) is 6.33 Å². The van der Waals surface area contributed by atoms with Crippen LogP contribution < -0.4 is 19.5 Å². The molecule has 0 aliphatic carbocycles. The maximum atomic E-state index is 12.1. The van der Waals surface area contributed by atoms with E-state index in [1.54, 1.807) is 11.3 Å². The summed E-state index contributed by atoms with van der Waals surface area (Å²) in [5.74, 6) is 1.63. The number of thiophene rings is 1. The Bertz CT molecular complexity index is 986. The van der Waals surface area contributed by atoms with Gasteiger partial charge < -0.3 is 19.5 Å². The number of ether oxygens (including phenoxy) is 3. The van der Waals surface area contributed by atoms with E-state index in [1.807, 2.05) is 32.0 Å². The van der Waals surface area contributed by atoms with Crippen molar-refractivity contribution < 1.29 is 19.0 Å². The number of hydrogen-bond acceptors (Lipinski definition) is 7. The highest BCUT2D eigenvalue weighted by atomic mass is 32.1. The van der Waals surface area contributed by atoms with E-state index in [0.29, 0.717) is 18.2 Å². The van der Waals surface area contributed by atoms with Crippen molar-refractivity contribution in [2.45, 2.75) is 20.4 Å². The fourth-order valence-corrected chi connectivity index (χ4v) is 3.68. The van der Waals surface area contributed by atoms with Crippen molar-refractivity contribution in [3.05, 3.63) is 40.5 Å². The van der Waals surface area contributed by atoms with Crippen molar-refractivity contribution in [2.75, 3.05) is 13.4 Å². The highest BCUT2D eigenvalue weighted by molar-refractivity contribution is 7.18. The summed E-state index contributed by atoms with van der Waals surface area (Å²) in [6.07, 6.45) is 1.46. The molecule has 3 heterocycles. The third-order valence-electron chi connectivity index (χ3n) is 4.20. The first-order chi connectivity index (χ1) is 12.6. The SMILES string of the molecule is Cc1sc2ncnc(OCC(=O)NCc3ccc4c(c3)OCO4)c2c1C. The molecule has 7 nitrogen and oxygen atoms in total. The van der Waals surface area contributed by atoms with Gasteiger partial charge in [0.15, 0.2) is 18.1 Å². The number of hydrogen-bond donors (Lipinski definition) is 1. The van der Waals surface area contributed by atoms with Crippen LogP contribution >= 0.6 is 11.3 Å². The quantitative estimate of drug-likeness (QED) is 0.743. The van der Waals surface area contributed by atoms with E-state index in [9.17, 15) is 4.79 Å². The molecular formula is C18H17N3O4S. The molecule has 0 spiro atoms. The first kappa shape index (κ1) is 16.6. The average molecular weight is 371 g/mol. The molecule has 0 atom stereocenters. The van der Waals surface area contributed by atoms with Crippen LogP contribution in [0.25, 0.3) is 10.2 Å². The lowest BCUT2D eigenvalue weighted by molar-refractivity contribution is -0.123. The second-order valence-electron chi connectivity index (χ2n) is 5.90. The van der Waals surface area contributed by atoms with Crippen molar-refractivity contribution in [3.63, 3.8) is 0 Å². The molecule has 1 aliphatic rings. The third-order valence-corrected chi connectivity index (χ3v) is 5.31. The molecule has 0 radical (unpaired) electrons. The van der Waals surface area contributed by atoms with E-state index in [0.717, 1.165) is 32.0 Å². The molecule has 0 fully saturated rings. The van der Waals surface area contributed by atoms with Crippen LogP contribution in [0.2, 0.25) is 0 Å². The standard InChI is InChI=1S/C18H17N3O4S/c1-10-11(2)26-18-16(10)17(20-8-21-18)23-7-15(22)19-6-12-3-4-13-14(5-12)25-9-24-13/h3-5,8H,6-7,9H2,1-2H3,(H,19,22). The Balaban J connectivity index is 1.37. The number of amides is 1. The number of carbonyl (C=O) groups excluding carboxylic acids is 1. The van der Waals surface area contributed by atoms with E-state index in [2.05, 4.69) is 15.3 Å². The van der Waals surface area contributed by atoms with Gasteiger partial charge in [0, 0.05) is 11.4 Å². The predicted molar refractivity (Wildman–Crippen MR) is 96.8 cm³/mol. The second kappa shape index (κ2) is 6.80. The number of carbonyl (C=O) groups is 1. The first-order valence-electron chi connectivity index (χ1n) is 8.10. The summed E-state index contributed by atoms with van der Waals surface area (Å²) in [4.78, 5) is 22.6. The second-order valence-corrected chi connectivity index (χ2v) is 7.10. The van der Waals surface area contributed by atoms with E-state index in [4.69, 9.17) is 14.2 Å². The molecule has 134 valence electrons. The summed E-state index contributed by atoms with van der Waals surface area (Å²) in [7, 11) is 0. The van der Waals surface area contributed by atoms with Crippen LogP contribution in [-0.4, -0.2) is 29.3 Å². The van der Waals surface area contributed by atoms with Gasteiger partial charge in [0.1, 0.15) is 11.2 Å². The van der Waals surface area contributed by atoms with Gasteiger partial charge in [-0.1, -0.05) is 6.07 Å². The summed E-state index contributed by atoms with van der Waals surface area (Å²) in [6, 6.07) is 5.58. The summed E-state index contributed by atoms with van der Waals surface area (Å²) in [6.45, 7) is 4.54. The monoisotopic (exact) mass is 371 g/mol. The Kier molecular flexibility index (Phi) is 4.34. The highest BCUT2D eigenvalue weighted by Crippen LogP contribution is 2.34. The molecule has 8 heteroatoms. The highest BCUT2D eigenvalue weighted by Gasteiger charge is 2.15.